The molecule has 68 valence electrons. The van der Waals surface area contributed by atoms with Crippen LogP contribution in [0.5, 0.6) is 0 Å². The van der Waals surface area contributed by atoms with Gasteiger partial charge < -0.3 is 0 Å². The average molecular weight is 192 g/mol. The molecule has 0 aliphatic rings. The monoisotopic (exact) mass is 192 g/mol. The van der Waals surface area contributed by atoms with E-state index in [1.165, 1.54) is 11.4 Å². The van der Waals surface area contributed by atoms with Crippen molar-refractivity contribution in [3.63, 3.8) is 0 Å². The van der Waals surface area contributed by atoms with Crippen molar-refractivity contribution >= 4 is 13.3 Å². The number of halogens is 1. The topological polar surface area (TPSA) is 0 Å². The van der Waals surface area contributed by atoms with Crippen molar-refractivity contribution in [3.05, 3.63) is 29.8 Å². The number of rotatable bonds is 1. The van der Waals surface area contributed by atoms with Crippen molar-refractivity contribution in [2.75, 3.05) is 0 Å². The van der Waals surface area contributed by atoms with Crippen molar-refractivity contribution in [2.45, 2.75) is 19.6 Å². The molecule has 0 aliphatic carbocycles. The van der Waals surface area contributed by atoms with Gasteiger partial charge in [0.2, 0.25) is 0 Å². The van der Waals surface area contributed by atoms with Crippen LogP contribution in [0, 0.1) is 12.1 Å². The van der Waals surface area contributed by atoms with E-state index in [0.29, 0.717) is 0 Å². The Morgan fingerprint density at radius 1 is 1.08 bits per heavy atom. The third-order valence-corrected chi connectivity index (χ3v) is 4.01. The van der Waals surface area contributed by atoms with Gasteiger partial charge in [0.1, 0.15) is 6.17 Å². The van der Waals surface area contributed by atoms with Gasteiger partial charge in [-0.3, -0.25) is 0 Å². The minimum absolute atomic E-state index is 0.740. The molecule has 0 fully saturated rings. The highest BCUT2D eigenvalue weighted by Crippen LogP contribution is 2.03. The highest BCUT2D eigenvalue weighted by molar-refractivity contribution is 6.88. The van der Waals surface area contributed by atoms with E-state index in [4.69, 9.17) is 0 Å². The van der Waals surface area contributed by atoms with E-state index in [1.54, 1.807) is 0 Å². The van der Waals surface area contributed by atoms with E-state index in [-0.39, 0.29) is 0 Å². The van der Waals surface area contributed by atoms with Gasteiger partial charge in [-0.1, -0.05) is 37.0 Å². The first-order chi connectivity index (χ1) is 6.04. The summed E-state index contributed by atoms with van der Waals surface area (Å²) in [6.07, 6.45) is 1.40. The molecule has 0 atom stereocenters. The van der Waals surface area contributed by atoms with Gasteiger partial charge in [-0.15, -0.1) is 4.39 Å². The van der Waals surface area contributed by atoms with Gasteiger partial charge in [0.05, 0.1) is 8.07 Å². The van der Waals surface area contributed by atoms with E-state index in [9.17, 15) is 4.39 Å². The van der Waals surface area contributed by atoms with E-state index in [0.717, 1.165) is 5.56 Å². The van der Waals surface area contributed by atoms with Crippen molar-refractivity contribution in [1.29, 1.82) is 0 Å². The molecule has 0 unspecified atom stereocenters. The highest BCUT2D eigenvalue weighted by Gasteiger charge is 2.15. The Bertz CT molecular complexity index is 335. The van der Waals surface area contributed by atoms with Gasteiger partial charge in [-0.2, -0.15) is 0 Å². The summed E-state index contributed by atoms with van der Waals surface area (Å²) in [7, 11) is -1.22. The summed E-state index contributed by atoms with van der Waals surface area (Å²) in [6, 6.07) is 7.85. The molecule has 0 radical (unpaired) electrons. The van der Waals surface area contributed by atoms with Crippen molar-refractivity contribution < 1.29 is 4.39 Å². The second kappa shape index (κ2) is 3.76. The fraction of sp³-hybridized carbons (Fsp3) is 0.273. The highest BCUT2D eigenvalue weighted by atomic mass is 28.3. The molecule has 2 heteroatoms. The lowest BCUT2D eigenvalue weighted by molar-refractivity contribution is 0.774. The molecule has 0 amide bonds. The molecule has 1 aromatic rings. The molecular weight excluding hydrogens is 179 g/mol. The average Bonchev–Trinajstić information content (AvgIpc) is 2.04. The molecule has 13 heavy (non-hydrogen) atoms. The lowest BCUT2D eigenvalue weighted by Crippen LogP contribution is -2.37. The van der Waals surface area contributed by atoms with Crippen LogP contribution in [0.3, 0.4) is 0 Å². The maximum Gasteiger partial charge on any atom is 0.111 e. The summed E-state index contributed by atoms with van der Waals surface area (Å²) < 4.78 is 11.7. The maximum atomic E-state index is 11.7. The molecular formula is C11H13FSi. The van der Waals surface area contributed by atoms with Crippen LogP contribution in [0.4, 0.5) is 4.39 Å². The Kier molecular flexibility index (Phi) is 2.89. The van der Waals surface area contributed by atoms with Crippen LogP contribution in [0.2, 0.25) is 19.6 Å². The first kappa shape index (κ1) is 10.0. The third kappa shape index (κ3) is 2.71. The smallest absolute Gasteiger partial charge is 0.111 e. The lowest BCUT2D eigenvalue weighted by atomic mass is 10.2. The fourth-order valence-corrected chi connectivity index (χ4v) is 2.27. The summed E-state index contributed by atoms with van der Waals surface area (Å²) in [5, 5.41) is 1.37. The molecule has 1 aromatic carbocycles. The Morgan fingerprint density at radius 2 is 1.62 bits per heavy atom. The fourth-order valence-electron chi connectivity index (χ4n) is 1.11. The van der Waals surface area contributed by atoms with Crippen LogP contribution in [0.1, 0.15) is 5.56 Å². The Balaban J connectivity index is 2.98. The molecule has 0 aromatic heterocycles. The normalized spacial score (nSPS) is 10.5. The number of hydrogen-bond acceptors (Lipinski definition) is 0. The number of hydrogen-bond donors (Lipinski definition) is 0. The zero-order valence-corrected chi connectivity index (χ0v) is 9.19. The summed E-state index contributed by atoms with van der Waals surface area (Å²) in [4.78, 5) is 0. The van der Waals surface area contributed by atoms with Crippen molar-refractivity contribution in [3.8, 4) is 12.1 Å². The van der Waals surface area contributed by atoms with Crippen molar-refractivity contribution in [1.82, 2.24) is 0 Å². The van der Waals surface area contributed by atoms with Crippen molar-refractivity contribution in [2.24, 2.45) is 0 Å². The molecule has 1 rings (SSSR count). The summed E-state index contributed by atoms with van der Waals surface area (Å²) in [5.41, 5.74) is 0.740. The summed E-state index contributed by atoms with van der Waals surface area (Å²) in [5.74, 6) is 2.38. The molecule has 0 nitrogen and oxygen atoms in total. The van der Waals surface area contributed by atoms with Gasteiger partial charge in [-0.05, 0) is 18.1 Å². The van der Waals surface area contributed by atoms with Crippen LogP contribution in [0.25, 0.3) is 0 Å². The molecule has 0 saturated carbocycles. The molecule has 0 aliphatic heterocycles. The van der Waals surface area contributed by atoms with Gasteiger partial charge in [-0.25, -0.2) is 0 Å². The second-order valence-electron chi connectivity index (χ2n) is 4.05. The standard InChI is InChI=1S/C11H13FSi/c1-13(2,3)11-6-4-10(5-7-11)8-9-12/h4-7H,1-3H3. The minimum Gasteiger partial charge on any atom is -0.144 e. The molecule has 0 saturated heterocycles. The third-order valence-electron chi connectivity index (χ3n) is 1.94. The van der Waals surface area contributed by atoms with E-state index in [1.807, 2.05) is 24.3 Å². The first-order valence-electron chi connectivity index (χ1n) is 4.26. The lowest BCUT2D eigenvalue weighted by Gasteiger charge is -2.15. The Labute approximate surface area is 79.8 Å². The van der Waals surface area contributed by atoms with E-state index >= 15 is 0 Å². The van der Waals surface area contributed by atoms with Crippen LogP contribution >= 0.6 is 0 Å². The van der Waals surface area contributed by atoms with Crippen LogP contribution in [0.15, 0.2) is 24.3 Å². The minimum atomic E-state index is -1.22. The largest absolute Gasteiger partial charge is 0.144 e. The van der Waals surface area contributed by atoms with E-state index in [2.05, 4.69) is 25.6 Å². The molecule has 0 spiro atoms. The van der Waals surface area contributed by atoms with E-state index < -0.39 is 8.07 Å². The molecule has 0 N–H and O–H groups in total. The van der Waals surface area contributed by atoms with Crippen LogP contribution in [-0.4, -0.2) is 8.07 Å². The summed E-state index contributed by atoms with van der Waals surface area (Å²) >= 11 is 0. The quantitative estimate of drug-likeness (QED) is 0.474. The summed E-state index contributed by atoms with van der Waals surface area (Å²) in [6.45, 7) is 6.84. The Morgan fingerprint density at radius 3 is 2.00 bits per heavy atom. The number of benzene rings is 1. The zero-order valence-electron chi connectivity index (χ0n) is 8.19. The maximum absolute atomic E-state index is 11.7. The SMILES string of the molecule is C[Si](C)(C)c1ccc(C#CF)cc1. The van der Waals surface area contributed by atoms with Gasteiger partial charge in [0, 0.05) is 5.56 Å². The second-order valence-corrected chi connectivity index (χ2v) is 9.12. The zero-order chi connectivity index (χ0) is 9.90. The molecule has 0 bridgehead atoms. The first-order valence-corrected chi connectivity index (χ1v) is 7.76. The molecule has 0 heterocycles. The predicted octanol–water partition coefficient (Wildman–Crippen LogP) is 2.51. The van der Waals surface area contributed by atoms with Gasteiger partial charge >= 0.3 is 0 Å². The van der Waals surface area contributed by atoms with Crippen LogP contribution < -0.4 is 5.19 Å². The van der Waals surface area contributed by atoms with Crippen LogP contribution in [-0.2, 0) is 0 Å². The van der Waals surface area contributed by atoms with Gasteiger partial charge in [0.25, 0.3) is 0 Å². The van der Waals surface area contributed by atoms with Gasteiger partial charge in [0.15, 0.2) is 0 Å². The predicted molar refractivity (Wildman–Crippen MR) is 57.4 cm³/mol. The Hall–Kier alpha value is -1.07.